The van der Waals surface area contributed by atoms with Crippen LogP contribution in [0.5, 0.6) is 0 Å². The number of carbonyl (C=O) groups excluding carboxylic acids is 3. The average Bonchev–Trinajstić information content (AvgIpc) is 3.05. The summed E-state index contributed by atoms with van der Waals surface area (Å²) in [5, 5.41) is 6.32. The minimum Gasteiger partial charge on any atom is -0.348 e. The van der Waals surface area contributed by atoms with E-state index in [0.29, 0.717) is 34.6 Å². The van der Waals surface area contributed by atoms with Crippen molar-refractivity contribution in [2.45, 2.75) is 13.3 Å². The van der Waals surface area contributed by atoms with Crippen molar-refractivity contribution in [1.29, 1.82) is 0 Å². The van der Waals surface area contributed by atoms with Crippen molar-refractivity contribution in [2.75, 3.05) is 17.3 Å². The van der Waals surface area contributed by atoms with Gasteiger partial charge >= 0.3 is 11.8 Å². The first-order chi connectivity index (χ1) is 13.9. The van der Waals surface area contributed by atoms with E-state index in [2.05, 4.69) is 32.0 Å². The van der Waals surface area contributed by atoms with Crippen molar-refractivity contribution < 1.29 is 14.4 Å². The second-order valence-corrected chi connectivity index (χ2v) is 7.52. The van der Waals surface area contributed by atoms with E-state index in [-0.39, 0.29) is 5.69 Å². The molecule has 9 heteroatoms. The molecule has 1 heterocycles. The van der Waals surface area contributed by atoms with Gasteiger partial charge in [0.1, 0.15) is 5.69 Å². The highest BCUT2D eigenvalue weighted by atomic mass is 79.9. The first kappa shape index (κ1) is 20.9. The number of carbonyl (C=O) groups is 3. The number of rotatable bonds is 5. The van der Waals surface area contributed by atoms with Gasteiger partial charge in [0.05, 0.1) is 16.2 Å². The highest BCUT2D eigenvalue weighted by molar-refractivity contribution is 9.10. The third-order valence-corrected chi connectivity index (χ3v) is 4.90. The first-order valence-corrected chi connectivity index (χ1v) is 10.0. The summed E-state index contributed by atoms with van der Waals surface area (Å²) < 4.78 is 2.11. The molecule has 0 saturated carbocycles. The van der Waals surface area contributed by atoms with Gasteiger partial charge in [-0.2, -0.15) is 0 Å². The minimum atomic E-state index is -0.870. The lowest BCUT2D eigenvalue weighted by Gasteiger charge is -2.13. The minimum absolute atomic E-state index is 0.148. The van der Waals surface area contributed by atoms with E-state index in [1.165, 1.54) is 4.68 Å². The summed E-state index contributed by atoms with van der Waals surface area (Å²) in [7, 11) is 0. The molecule has 1 aromatic heterocycles. The van der Waals surface area contributed by atoms with Crippen LogP contribution in [0.4, 0.5) is 5.69 Å². The van der Waals surface area contributed by atoms with Crippen molar-refractivity contribution in [2.24, 2.45) is 0 Å². The molecule has 3 amide bonds. The molecule has 2 aromatic carbocycles. The number of halogens is 2. The van der Waals surface area contributed by atoms with Gasteiger partial charge in [0.2, 0.25) is 0 Å². The highest BCUT2D eigenvalue weighted by Crippen LogP contribution is 2.25. The fourth-order valence-corrected chi connectivity index (χ4v) is 3.26. The summed E-state index contributed by atoms with van der Waals surface area (Å²) in [4.78, 5) is 37.2. The molecule has 29 heavy (non-hydrogen) atoms. The number of anilines is 1. The maximum absolute atomic E-state index is 12.9. The van der Waals surface area contributed by atoms with Crippen LogP contribution in [0.1, 0.15) is 23.8 Å². The molecule has 3 N–H and O–H groups in total. The quantitative estimate of drug-likeness (QED) is 0.487. The lowest BCUT2D eigenvalue weighted by molar-refractivity contribution is -0.136. The van der Waals surface area contributed by atoms with Crippen LogP contribution in [0.3, 0.4) is 0 Å². The number of nitrogens with zero attached hydrogens (tertiary/aromatic N) is 1. The molecule has 0 spiro atoms. The van der Waals surface area contributed by atoms with Crippen LogP contribution in [-0.2, 0) is 9.59 Å². The molecule has 3 aromatic rings. The van der Waals surface area contributed by atoms with Crippen molar-refractivity contribution >= 4 is 61.8 Å². The van der Waals surface area contributed by atoms with E-state index >= 15 is 0 Å². The van der Waals surface area contributed by atoms with E-state index in [1.54, 1.807) is 48.5 Å². The Balaban J connectivity index is 1.96. The van der Waals surface area contributed by atoms with Crippen LogP contribution in [0.15, 0.2) is 53.0 Å². The van der Waals surface area contributed by atoms with Crippen LogP contribution in [0, 0.1) is 0 Å². The molecule has 0 bridgehead atoms. The summed E-state index contributed by atoms with van der Waals surface area (Å²) in [6, 6.07) is 13.8. The molecular weight excluding hydrogens is 460 g/mol. The van der Waals surface area contributed by atoms with Crippen LogP contribution < -0.4 is 16.1 Å². The standard InChI is InChI=1S/C20H18BrClN4O3/c1-2-9-23-19(28)20(29)25-26-16-8-7-13(21)10-12(16)11-17(26)18(27)24-15-6-4-3-5-14(15)22/h3-8,10-11H,2,9H2,1H3,(H,23,28)(H,24,27)(H,25,29). The number of hydrogen-bond acceptors (Lipinski definition) is 3. The summed E-state index contributed by atoms with van der Waals surface area (Å²) in [6.07, 6.45) is 0.699. The van der Waals surface area contributed by atoms with Gasteiger partial charge < -0.3 is 10.6 Å². The van der Waals surface area contributed by atoms with Gasteiger partial charge in [0.15, 0.2) is 0 Å². The van der Waals surface area contributed by atoms with Gasteiger partial charge in [-0.3, -0.25) is 19.8 Å². The Morgan fingerprint density at radius 2 is 1.83 bits per heavy atom. The van der Waals surface area contributed by atoms with Crippen molar-refractivity contribution in [3.05, 3.63) is 63.7 Å². The van der Waals surface area contributed by atoms with Gasteiger partial charge in [-0.15, -0.1) is 0 Å². The largest absolute Gasteiger partial charge is 0.348 e. The smallest absolute Gasteiger partial charge is 0.328 e. The van der Waals surface area contributed by atoms with E-state index in [9.17, 15) is 14.4 Å². The third-order valence-electron chi connectivity index (χ3n) is 4.07. The Morgan fingerprint density at radius 1 is 1.07 bits per heavy atom. The van der Waals surface area contributed by atoms with Crippen LogP contribution in [-0.4, -0.2) is 28.9 Å². The predicted molar refractivity (Wildman–Crippen MR) is 117 cm³/mol. The molecule has 0 saturated heterocycles. The number of nitrogens with one attached hydrogen (secondary N) is 3. The summed E-state index contributed by atoms with van der Waals surface area (Å²) in [5.41, 5.74) is 3.65. The molecule has 0 radical (unpaired) electrons. The fourth-order valence-electron chi connectivity index (χ4n) is 2.69. The maximum Gasteiger partial charge on any atom is 0.328 e. The molecule has 0 aliphatic heterocycles. The van der Waals surface area contributed by atoms with Gasteiger partial charge in [-0.05, 0) is 42.8 Å². The summed E-state index contributed by atoms with van der Waals surface area (Å²) >= 11 is 9.51. The van der Waals surface area contributed by atoms with Crippen LogP contribution in [0.25, 0.3) is 10.9 Å². The van der Waals surface area contributed by atoms with Gasteiger partial charge in [0, 0.05) is 16.4 Å². The fraction of sp³-hybridized carbons (Fsp3) is 0.150. The molecule has 0 atom stereocenters. The Labute approximate surface area is 180 Å². The van der Waals surface area contributed by atoms with Gasteiger partial charge in [-0.25, -0.2) is 4.68 Å². The monoisotopic (exact) mass is 476 g/mol. The molecule has 0 aliphatic carbocycles. The van der Waals surface area contributed by atoms with E-state index in [1.807, 2.05) is 6.92 Å². The second kappa shape index (κ2) is 9.11. The normalized spacial score (nSPS) is 10.6. The highest BCUT2D eigenvalue weighted by Gasteiger charge is 2.21. The number of hydrogen-bond donors (Lipinski definition) is 3. The third kappa shape index (κ3) is 4.78. The molecule has 0 unspecified atom stereocenters. The first-order valence-electron chi connectivity index (χ1n) is 8.86. The summed E-state index contributed by atoms with van der Waals surface area (Å²) in [5.74, 6) is -2.13. The maximum atomic E-state index is 12.9. The Morgan fingerprint density at radius 3 is 2.55 bits per heavy atom. The average molecular weight is 478 g/mol. The molecule has 0 aliphatic rings. The van der Waals surface area contributed by atoms with Crippen molar-refractivity contribution in [3.63, 3.8) is 0 Å². The topological polar surface area (TPSA) is 92.2 Å². The number of aromatic nitrogens is 1. The van der Waals surface area contributed by atoms with Crippen molar-refractivity contribution in [3.8, 4) is 0 Å². The molecule has 3 rings (SSSR count). The Bertz CT molecular complexity index is 1100. The number of para-hydroxylation sites is 1. The van der Waals surface area contributed by atoms with Crippen LogP contribution in [0.2, 0.25) is 5.02 Å². The van der Waals surface area contributed by atoms with E-state index in [0.717, 1.165) is 4.47 Å². The predicted octanol–water partition coefficient (Wildman–Crippen LogP) is 3.91. The molecule has 0 fully saturated rings. The number of fused-ring (bicyclic) bond motifs is 1. The molecular formula is C20H18BrClN4O3. The van der Waals surface area contributed by atoms with E-state index in [4.69, 9.17) is 11.6 Å². The van der Waals surface area contributed by atoms with E-state index < -0.39 is 17.7 Å². The number of amides is 3. The van der Waals surface area contributed by atoms with Crippen LogP contribution >= 0.6 is 27.5 Å². The molecule has 150 valence electrons. The number of benzene rings is 2. The molecule has 7 nitrogen and oxygen atoms in total. The van der Waals surface area contributed by atoms with Gasteiger partial charge in [-0.1, -0.05) is 46.6 Å². The Hall–Kier alpha value is -2.84. The second-order valence-electron chi connectivity index (χ2n) is 6.20. The lowest BCUT2D eigenvalue weighted by Crippen LogP contribution is -2.40. The SMILES string of the molecule is CCCNC(=O)C(=O)Nn1c(C(=O)Nc2ccccc2Cl)cc2cc(Br)ccc21. The zero-order chi connectivity index (χ0) is 21.0. The summed E-state index contributed by atoms with van der Waals surface area (Å²) in [6.45, 7) is 2.26. The lowest BCUT2D eigenvalue weighted by atomic mass is 10.2. The van der Waals surface area contributed by atoms with Gasteiger partial charge in [0.25, 0.3) is 5.91 Å². The Kier molecular flexibility index (Phi) is 6.56. The zero-order valence-electron chi connectivity index (χ0n) is 15.5. The van der Waals surface area contributed by atoms with Crippen molar-refractivity contribution in [1.82, 2.24) is 9.99 Å². The zero-order valence-corrected chi connectivity index (χ0v) is 17.8.